The number of nitrogens with two attached hydrogens (primary N) is 1. The van der Waals surface area contributed by atoms with Gasteiger partial charge in [0.15, 0.2) is 0 Å². The molecule has 3 nitrogen and oxygen atoms in total. The molecule has 0 spiro atoms. The summed E-state index contributed by atoms with van der Waals surface area (Å²) < 4.78 is 2.05. The summed E-state index contributed by atoms with van der Waals surface area (Å²) in [7, 11) is 0. The molecule has 0 fully saturated rings. The first-order chi connectivity index (χ1) is 9.47. The third-order valence-electron chi connectivity index (χ3n) is 2.96. The van der Waals surface area contributed by atoms with Gasteiger partial charge in [-0.2, -0.15) is 0 Å². The van der Waals surface area contributed by atoms with Crippen LogP contribution in [0, 0.1) is 0 Å². The van der Waals surface area contributed by atoms with Crippen molar-refractivity contribution in [3.63, 3.8) is 0 Å². The molecule has 5 heteroatoms. The van der Waals surface area contributed by atoms with Crippen molar-refractivity contribution in [3.8, 4) is 0 Å². The maximum Gasteiger partial charge on any atom is 0.248 e. The molecule has 0 aliphatic carbocycles. The zero-order valence-corrected chi connectivity index (χ0v) is 14.0. The van der Waals surface area contributed by atoms with E-state index in [0.29, 0.717) is 5.56 Å². The number of amides is 1. The number of benzene rings is 2. The van der Waals surface area contributed by atoms with E-state index in [4.69, 9.17) is 5.73 Å². The molecular formula is C15H14Br2N2O. The SMILES string of the molecule is CC(Nc1cccc(C(N)=O)c1)c1ccc(Br)cc1Br. The van der Waals surface area contributed by atoms with Gasteiger partial charge < -0.3 is 11.1 Å². The lowest BCUT2D eigenvalue weighted by atomic mass is 10.1. The van der Waals surface area contributed by atoms with Gasteiger partial charge >= 0.3 is 0 Å². The molecule has 104 valence electrons. The van der Waals surface area contributed by atoms with Crippen LogP contribution in [-0.4, -0.2) is 5.91 Å². The highest BCUT2D eigenvalue weighted by Gasteiger charge is 2.10. The highest BCUT2D eigenvalue weighted by Crippen LogP contribution is 2.29. The van der Waals surface area contributed by atoms with Gasteiger partial charge in [0.2, 0.25) is 5.91 Å². The Labute approximate surface area is 134 Å². The predicted molar refractivity (Wildman–Crippen MR) is 88.8 cm³/mol. The van der Waals surface area contributed by atoms with E-state index in [-0.39, 0.29) is 6.04 Å². The maximum absolute atomic E-state index is 11.2. The van der Waals surface area contributed by atoms with Crippen molar-refractivity contribution >= 4 is 43.5 Å². The average Bonchev–Trinajstić information content (AvgIpc) is 2.38. The Morgan fingerprint density at radius 2 is 1.95 bits per heavy atom. The average molecular weight is 398 g/mol. The summed E-state index contributed by atoms with van der Waals surface area (Å²) in [5, 5.41) is 3.36. The zero-order chi connectivity index (χ0) is 14.7. The first kappa shape index (κ1) is 15.1. The van der Waals surface area contributed by atoms with Gasteiger partial charge in [0.05, 0.1) is 0 Å². The Morgan fingerprint density at radius 3 is 2.60 bits per heavy atom. The summed E-state index contributed by atoms with van der Waals surface area (Å²) >= 11 is 6.99. The standard InChI is InChI=1S/C15H14Br2N2O/c1-9(13-6-5-11(16)8-14(13)17)19-12-4-2-3-10(7-12)15(18)20/h2-9,19H,1H3,(H2,18,20). The van der Waals surface area contributed by atoms with E-state index in [1.165, 1.54) is 0 Å². The number of rotatable bonds is 4. The molecule has 3 N–H and O–H groups in total. The van der Waals surface area contributed by atoms with Crippen molar-refractivity contribution in [2.24, 2.45) is 5.73 Å². The van der Waals surface area contributed by atoms with E-state index in [1.807, 2.05) is 30.3 Å². The second kappa shape index (κ2) is 6.41. The highest BCUT2D eigenvalue weighted by molar-refractivity contribution is 9.11. The number of primary amides is 1. The number of anilines is 1. The summed E-state index contributed by atoms with van der Waals surface area (Å²) in [6, 6.07) is 13.3. The van der Waals surface area contributed by atoms with Gasteiger partial charge in [-0.3, -0.25) is 4.79 Å². The summed E-state index contributed by atoms with van der Waals surface area (Å²) in [5.41, 5.74) is 7.78. The van der Waals surface area contributed by atoms with E-state index in [0.717, 1.165) is 20.2 Å². The zero-order valence-electron chi connectivity index (χ0n) is 10.9. The quantitative estimate of drug-likeness (QED) is 0.798. The van der Waals surface area contributed by atoms with Crippen LogP contribution in [0.3, 0.4) is 0 Å². The second-order valence-corrected chi connectivity index (χ2v) is 6.25. The molecule has 2 rings (SSSR count). The third kappa shape index (κ3) is 3.61. The lowest BCUT2D eigenvalue weighted by molar-refractivity contribution is 0.100. The lowest BCUT2D eigenvalue weighted by Crippen LogP contribution is -2.12. The van der Waals surface area contributed by atoms with Crippen LogP contribution in [0.4, 0.5) is 5.69 Å². The van der Waals surface area contributed by atoms with Crippen molar-refractivity contribution < 1.29 is 4.79 Å². The second-order valence-electron chi connectivity index (χ2n) is 4.48. The van der Waals surface area contributed by atoms with Crippen LogP contribution in [0.25, 0.3) is 0 Å². The normalized spacial score (nSPS) is 11.9. The number of nitrogens with one attached hydrogen (secondary N) is 1. The summed E-state index contributed by atoms with van der Waals surface area (Å²) in [6.45, 7) is 2.06. The summed E-state index contributed by atoms with van der Waals surface area (Å²) in [4.78, 5) is 11.2. The fraction of sp³-hybridized carbons (Fsp3) is 0.133. The van der Waals surface area contributed by atoms with Crippen LogP contribution in [0.15, 0.2) is 51.4 Å². The highest BCUT2D eigenvalue weighted by atomic mass is 79.9. The molecule has 0 bridgehead atoms. The number of hydrogen-bond acceptors (Lipinski definition) is 2. The Morgan fingerprint density at radius 1 is 1.20 bits per heavy atom. The molecule has 0 radical (unpaired) electrons. The molecule has 0 heterocycles. The third-order valence-corrected chi connectivity index (χ3v) is 4.14. The molecule has 2 aromatic carbocycles. The molecule has 1 unspecified atom stereocenters. The molecule has 0 aliphatic rings. The Kier molecular flexibility index (Phi) is 4.83. The number of hydrogen-bond donors (Lipinski definition) is 2. The Hall–Kier alpha value is -1.33. The van der Waals surface area contributed by atoms with Crippen LogP contribution in [0.5, 0.6) is 0 Å². The maximum atomic E-state index is 11.2. The van der Waals surface area contributed by atoms with E-state index in [9.17, 15) is 4.79 Å². The first-order valence-electron chi connectivity index (χ1n) is 6.08. The molecule has 1 amide bonds. The lowest BCUT2D eigenvalue weighted by Gasteiger charge is -2.17. The molecule has 0 aromatic heterocycles. The van der Waals surface area contributed by atoms with E-state index in [2.05, 4.69) is 44.1 Å². The fourth-order valence-electron chi connectivity index (χ4n) is 1.94. The van der Waals surface area contributed by atoms with E-state index in [1.54, 1.807) is 12.1 Å². The molecule has 20 heavy (non-hydrogen) atoms. The minimum atomic E-state index is -0.425. The van der Waals surface area contributed by atoms with Crippen molar-refractivity contribution in [1.82, 2.24) is 0 Å². The van der Waals surface area contributed by atoms with Crippen LogP contribution in [0.1, 0.15) is 28.9 Å². The van der Waals surface area contributed by atoms with Crippen molar-refractivity contribution in [1.29, 1.82) is 0 Å². The minimum absolute atomic E-state index is 0.0978. The summed E-state index contributed by atoms with van der Waals surface area (Å²) in [5.74, 6) is -0.425. The molecule has 0 saturated heterocycles. The van der Waals surface area contributed by atoms with Gasteiger partial charge in [0.25, 0.3) is 0 Å². The molecule has 0 aliphatic heterocycles. The van der Waals surface area contributed by atoms with Crippen LogP contribution in [-0.2, 0) is 0 Å². The topological polar surface area (TPSA) is 55.1 Å². The number of carbonyl (C=O) groups excluding carboxylic acids is 1. The van der Waals surface area contributed by atoms with Gasteiger partial charge in [-0.05, 0) is 42.8 Å². The van der Waals surface area contributed by atoms with Gasteiger partial charge in [0.1, 0.15) is 0 Å². The van der Waals surface area contributed by atoms with Gasteiger partial charge in [-0.25, -0.2) is 0 Å². The van der Waals surface area contributed by atoms with Crippen LogP contribution < -0.4 is 11.1 Å². The number of carbonyl (C=O) groups is 1. The van der Waals surface area contributed by atoms with Gasteiger partial charge in [-0.15, -0.1) is 0 Å². The van der Waals surface area contributed by atoms with E-state index >= 15 is 0 Å². The molecule has 1 atom stereocenters. The summed E-state index contributed by atoms with van der Waals surface area (Å²) in [6.07, 6.45) is 0. The van der Waals surface area contributed by atoms with Gasteiger partial charge in [0, 0.05) is 26.2 Å². The molecular weight excluding hydrogens is 384 g/mol. The van der Waals surface area contributed by atoms with Crippen LogP contribution >= 0.6 is 31.9 Å². The smallest absolute Gasteiger partial charge is 0.248 e. The van der Waals surface area contributed by atoms with Crippen molar-refractivity contribution in [2.75, 3.05) is 5.32 Å². The molecule has 0 saturated carbocycles. The van der Waals surface area contributed by atoms with Gasteiger partial charge in [-0.1, -0.05) is 44.0 Å². The first-order valence-corrected chi connectivity index (χ1v) is 7.67. The largest absolute Gasteiger partial charge is 0.378 e. The van der Waals surface area contributed by atoms with Crippen molar-refractivity contribution in [3.05, 3.63) is 62.5 Å². The van der Waals surface area contributed by atoms with Crippen LogP contribution in [0.2, 0.25) is 0 Å². The predicted octanol–water partition coefficient (Wildman–Crippen LogP) is 4.48. The fourth-order valence-corrected chi connectivity index (χ4v) is 3.33. The minimum Gasteiger partial charge on any atom is -0.378 e. The number of halogens is 2. The monoisotopic (exact) mass is 396 g/mol. The Balaban J connectivity index is 2.21. The molecule has 2 aromatic rings. The van der Waals surface area contributed by atoms with E-state index < -0.39 is 5.91 Å². The van der Waals surface area contributed by atoms with Crippen molar-refractivity contribution in [2.45, 2.75) is 13.0 Å². The Bertz CT molecular complexity index is 644.